The summed E-state index contributed by atoms with van der Waals surface area (Å²) in [6.07, 6.45) is 0.374. The molecule has 0 unspecified atom stereocenters. The van der Waals surface area contributed by atoms with Crippen LogP contribution in [0.5, 0.6) is 0 Å². The summed E-state index contributed by atoms with van der Waals surface area (Å²) in [6, 6.07) is 7.36. The van der Waals surface area contributed by atoms with E-state index in [9.17, 15) is 14.7 Å². The Morgan fingerprint density at radius 3 is 2.13 bits per heavy atom. The van der Waals surface area contributed by atoms with Crippen LogP contribution in [0.3, 0.4) is 0 Å². The van der Waals surface area contributed by atoms with Crippen molar-refractivity contribution in [2.75, 3.05) is 13.1 Å². The minimum Gasteiger partial charge on any atom is -0.481 e. The number of benzene rings is 1. The monoisotopic (exact) mass is 383 g/mol. The van der Waals surface area contributed by atoms with Gasteiger partial charge in [-0.3, -0.25) is 4.79 Å². The van der Waals surface area contributed by atoms with Crippen molar-refractivity contribution in [1.82, 2.24) is 4.90 Å². The van der Waals surface area contributed by atoms with Crippen LogP contribution in [0.1, 0.15) is 39.2 Å². The molecular formula is C17H22BrNO4. The Bertz CT molecular complexity index is 584. The minimum atomic E-state index is -0.945. The lowest BCUT2D eigenvalue weighted by molar-refractivity contribution is -0.146. The number of carboxylic acids is 1. The number of amides is 1. The maximum atomic E-state index is 12.1. The summed E-state index contributed by atoms with van der Waals surface area (Å²) < 4.78 is 6.27. The lowest BCUT2D eigenvalue weighted by Crippen LogP contribution is -2.50. The first kappa shape index (κ1) is 17.8. The third-order valence-electron chi connectivity index (χ3n) is 4.07. The number of ether oxygens (including phenoxy) is 1. The van der Waals surface area contributed by atoms with Gasteiger partial charge in [0.15, 0.2) is 0 Å². The van der Waals surface area contributed by atoms with E-state index in [0.29, 0.717) is 25.9 Å². The summed E-state index contributed by atoms with van der Waals surface area (Å²) in [6.45, 7) is 6.20. The Morgan fingerprint density at radius 2 is 1.70 bits per heavy atom. The van der Waals surface area contributed by atoms with E-state index in [2.05, 4.69) is 15.9 Å². The fourth-order valence-corrected chi connectivity index (χ4v) is 3.06. The highest BCUT2D eigenvalue weighted by Crippen LogP contribution is 2.36. The van der Waals surface area contributed by atoms with Gasteiger partial charge >= 0.3 is 12.1 Å². The number of likely N-dealkylation sites (tertiary alicyclic amines) is 1. The van der Waals surface area contributed by atoms with Crippen LogP contribution >= 0.6 is 15.9 Å². The third kappa shape index (κ3) is 4.05. The largest absolute Gasteiger partial charge is 0.481 e. The number of hydrogen-bond donors (Lipinski definition) is 1. The molecule has 1 fully saturated rings. The van der Waals surface area contributed by atoms with E-state index >= 15 is 0 Å². The Kier molecular flexibility index (Phi) is 5.04. The maximum absolute atomic E-state index is 12.1. The molecule has 23 heavy (non-hydrogen) atoms. The molecule has 1 heterocycles. The predicted molar refractivity (Wildman–Crippen MR) is 90.5 cm³/mol. The molecule has 2 rings (SSSR count). The van der Waals surface area contributed by atoms with Gasteiger partial charge in [0.25, 0.3) is 0 Å². The molecule has 0 aromatic heterocycles. The molecule has 1 N–H and O–H groups in total. The predicted octanol–water partition coefficient (Wildman–Crippen LogP) is 3.80. The number of aliphatic carboxylic acids is 1. The smallest absolute Gasteiger partial charge is 0.410 e. The van der Waals surface area contributed by atoms with Crippen molar-refractivity contribution < 1.29 is 19.4 Å². The number of carbonyl (C=O) groups is 2. The van der Waals surface area contributed by atoms with Gasteiger partial charge in [-0.1, -0.05) is 28.1 Å². The molecule has 0 atom stereocenters. The first-order chi connectivity index (χ1) is 10.6. The SMILES string of the molecule is CC(C)(C)OC(=O)N1CCC(C(=O)O)(c2ccc(Br)cc2)CC1. The quantitative estimate of drug-likeness (QED) is 0.842. The molecule has 0 spiro atoms. The van der Waals surface area contributed by atoms with Gasteiger partial charge in [0.2, 0.25) is 0 Å². The number of carboxylic acid groups (broad SMARTS) is 1. The summed E-state index contributed by atoms with van der Waals surface area (Å²) in [7, 11) is 0. The highest BCUT2D eigenvalue weighted by Gasteiger charge is 2.44. The zero-order chi connectivity index (χ0) is 17.3. The van der Waals surface area contributed by atoms with Crippen molar-refractivity contribution in [3.05, 3.63) is 34.3 Å². The second kappa shape index (κ2) is 6.51. The molecule has 0 bridgehead atoms. The number of rotatable bonds is 2. The Balaban J connectivity index is 2.14. The first-order valence-corrected chi connectivity index (χ1v) is 8.41. The molecular weight excluding hydrogens is 362 g/mol. The summed E-state index contributed by atoms with van der Waals surface area (Å²) in [5.74, 6) is -0.844. The second-order valence-electron chi connectivity index (χ2n) is 6.86. The molecule has 5 nitrogen and oxygen atoms in total. The van der Waals surface area contributed by atoms with Crippen LogP contribution in [-0.4, -0.2) is 40.8 Å². The third-order valence-corrected chi connectivity index (χ3v) is 4.60. The average Bonchev–Trinajstić information content (AvgIpc) is 2.46. The van der Waals surface area contributed by atoms with E-state index in [1.807, 2.05) is 45.0 Å². The lowest BCUT2D eigenvalue weighted by Gasteiger charge is -2.39. The van der Waals surface area contributed by atoms with Gasteiger partial charge < -0.3 is 14.7 Å². The minimum absolute atomic E-state index is 0.372. The Labute approximate surface area is 144 Å². The normalized spacial score (nSPS) is 17.7. The highest BCUT2D eigenvalue weighted by molar-refractivity contribution is 9.10. The van der Waals surface area contributed by atoms with Crippen molar-refractivity contribution in [1.29, 1.82) is 0 Å². The molecule has 0 radical (unpaired) electrons. The van der Waals surface area contributed by atoms with Crippen LogP contribution in [0.4, 0.5) is 4.79 Å². The molecule has 1 aliphatic rings. The van der Waals surface area contributed by atoms with Crippen LogP contribution in [0, 0.1) is 0 Å². The van der Waals surface area contributed by atoms with E-state index in [1.165, 1.54) is 0 Å². The van der Waals surface area contributed by atoms with E-state index in [1.54, 1.807) is 4.90 Å². The number of piperidine rings is 1. The average molecular weight is 384 g/mol. The van der Waals surface area contributed by atoms with E-state index < -0.39 is 17.0 Å². The molecule has 1 amide bonds. The van der Waals surface area contributed by atoms with Crippen LogP contribution in [0.15, 0.2) is 28.7 Å². The van der Waals surface area contributed by atoms with Gasteiger partial charge in [-0.15, -0.1) is 0 Å². The number of hydrogen-bond acceptors (Lipinski definition) is 3. The summed E-state index contributed by atoms with van der Waals surface area (Å²) in [4.78, 5) is 25.6. The number of nitrogens with zero attached hydrogens (tertiary/aromatic N) is 1. The van der Waals surface area contributed by atoms with Gasteiger partial charge in [0, 0.05) is 17.6 Å². The summed E-state index contributed by atoms with van der Waals surface area (Å²) in [5, 5.41) is 9.78. The Morgan fingerprint density at radius 1 is 1.17 bits per heavy atom. The zero-order valence-corrected chi connectivity index (χ0v) is 15.2. The fourth-order valence-electron chi connectivity index (χ4n) is 2.79. The van der Waals surface area contributed by atoms with Crippen LogP contribution in [0.2, 0.25) is 0 Å². The van der Waals surface area contributed by atoms with Crippen LogP contribution in [-0.2, 0) is 14.9 Å². The molecule has 1 saturated heterocycles. The zero-order valence-electron chi connectivity index (χ0n) is 13.6. The van der Waals surface area contributed by atoms with Crippen LogP contribution < -0.4 is 0 Å². The Hall–Kier alpha value is -1.56. The van der Waals surface area contributed by atoms with E-state index in [-0.39, 0.29) is 6.09 Å². The summed E-state index contributed by atoms with van der Waals surface area (Å²) in [5.41, 5.74) is -0.722. The van der Waals surface area contributed by atoms with Crippen molar-refractivity contribution in [2.24, 2.45) is 0 Å². The van der Waals surface area contributed by atoms with E-state index in [0.717, 1.165) is 10.0 Å². The lowest BCUT2D eigenvalue weighted by atomic mass is 9.73. The van der Waals surface area contributed by atoms with Crippen molar-refractivity contribution >= 4 is 28.0 Å². The van der Waals surface area contributed by atoms with Crippen molar-refractivity contribution in [3.8, 4) is 0 Å². The van der Waals surface area contributed by atoms with E-state index in [4.69, 9.17) is 4.74 Å². The van der Waals surface area contributed by atoms with Crippen LogP contribution in [0.25, 0.3) is 0 Å². The van der Waals surface area contributed by atoms with Gasteiger partial charge in [-0.25, -0.2) is 4.79 Å². The first-order valence-electron chi connectivity index (χ1n) is 7.61. The van der Waals surface area contributed by atoms with Crippen molar-refractivity contribution in [3.63, 3.8) is 0 Å². The maximum Gasteiger partial charge on any atom is 0.410 e. The molecule has 1 aromatic rings. The number of halogens is 1. The molecule has 6 heteroatoms. The molecule has 1 aromatic carbocycles. The highest BCUT2D eigenvalue weighted by atomic mass is 79.9. The van der Waals surface area contributed by atoms with Gasteiger partial charge in [0.05, 0.1) is 5.41 Å². The molecule has 126 valence electrons. The molecule has 1 aliphatic heterocycles. The molecule has 0 saturated carbocycles. The van der Waals surface area contributed by atoms with Gasteiger partial charge in [0.1, 0.15) is 5.60 Å². The molecule has 0 aliphatic carbocycles. The summed E-state index contributed by atoms with van der Waals surface area (Å²) >= 11 is 3.36. The number of carbonyl (C=O) groups excluding carboxylic acids is 1. The second-order valence-corrected chi connectivity index (χ2v) is 7.78. The fraction of sp³-hybridized carbons (Fsp3) is 0.529. The van der Waals surface area contributed by atoms with Gasteiger partial charge in [-0.2, -0.15) is 0 Å². The standard InChI is InChI=1S/C17H22BrNO4/c1-16(2,3)23-15(22)19-10-8-17(9-11-19,14(20)21)12-4-6-13(18)7-5-12/h4-7H,8-11H2,1-3H3,(H,20,21). The topological polar surface area (TPSA) is 66.8 Å². The van der Waals surface area contributed by atoms with Crippen molar-refractivity contribution in [2.45, 2.75) is 44.6 Å². The van der Waals surface area contributed by atoms with Gasteiger partial charge in [-0.05, 0) is 51.3 Å².